The molecule has 0 aromatic heterocycles. The van der Waals surface area contributed by atoms with Gasteiger partial charge in [-0.2, -0.15) is 0 Å². The summed E-state index contributed by atoms with van der Waals surface area (Å²) in [7, 11) is 0. The molecule has 0 aliphatic heterocycles. The number of aliphatic carboxylic acids is 1. The first kappa shape index (κ1) is 18.7. The fourth-order valence-electron chi connectivity index (χ4n) is 2.26. The van der Waals surface area contributed by atoms with Crippen molar-refractivity contribution in [1.82, 2.24) is 5.32 Å². The van der Waals surface area contributed by atoms with Gasteiger partial charge >= 0.3 is 5.97 Å². The van der Waals surface area contributed by atoms with Crippen molar-refractivity contribution in [2.24, 2.45) is 0 Å². The molecule has 0 heterocycles. The highest BCUT2D eigenvalue weighted by atomic mass is 79.9. The van der Waals surface area contributed by atoms with Gasteiger partial charge in [0.25, 0.3) is 5.91 Å². The van der Waals surface area contributed by atoms with Crippen molar-refractivity contribution in [2.75, 3.05) is 0 Å². The van der Waals surface area contributed by atoms with Crippen LogP contribution in [-0.2, 0) is 4.79 Å². The van der Waals surface area contributed by atoms with Crippen molar-refractivity contribution >= 4 is 27.8 Å². The highest BCUT2D eigenvalue weighted by molar-refractivity contribution is 9.10. The number of rotatable bonds is 10. The first-order valence-corrected chi connectivity index (χ1v) is 8.63. The maximum absolute atomic E-state index is 12.1. The van der Waals surface area contributed by atoms with E-state index >= 15 is 0 Å². The van der Waals surface area contributed by atoms with Gasteiger partial charge in [0.05, 0.1) is 0 Å². The fraction of sp³-hybridized carbons (Fsp3) is 0.529. The Morgan fingerprint density at radius 2 is 1.86 bits per heavy atom. The van der Waals surface area contributed by atoms with E-state index in [4.69, 9.17) is 0 Å². The predicted molar refractivity (Wildman–Crippen MR) is 91.0 cm³/mol. The van der Waals surface area contributed by atoms with Crippen LogP contribution in [0.2, 0.25) is 0 Å². The molecule has 1 amide bonds. The standard InChI is InChI=1S/C17H24BrNO3/c1-2-3-4-5-6-7-11-15(17(21)22)19-16(20)13-9-8-10-14(18)12-13/h8-10,12,15H,2-7,11H2,1H3,(H,19,20)(H,21,22)/t15-/m0/s1. The van der Waals surface area contributed by atoms with E-state index in [2.05, 4.69) is 28.2 Å². The van der Waals surface area contributed by atoms with E-state index in [1.54, 1.807) is 18.2 Å². The molecule has 4 nitrogen and oxygen atoms in total. The summed E-state index contributed by atoms with van der Waals surface area (Å²) < 4.78 is 0.794. The predicted octanol–water partition coefficient (Wildman–Crippen LogP) is 4.38. The summed E-state index contributed by atoms with van der Waals surface area (Å²) in [6.45, 7) is 2.16. The third-order valence-electron chi connectivity index (χ3n) is 3.54. The second kappa shape index (κ2) is 10.4. The van der Waals surface area contributed by atoms with E-state index < -0.39 is 12.0 Å². The smallest absolute Gasteiger partial charge is 0.326 e. The minimum atomic E-state index is -0.975. The Hall–Kier alpha value is -1.36. The van der Waals surface area contributed by atoms with E-state index in [1.807, 2.05) is 6.07 Å². The zero-order valence-electron chi connectivity index (χ0n) is 13.0. The van der Waals surface area contributed by atoms with Gasteiger partial charge in [-0.3, -0.25) is 4.79 Å². The first-order chi connectivity index (χ1) is 10.5. The quantitative estimate of drug-likeness (QED) is 0.601. The molecule has 1 rings (SSSR count). The third kappa shape index (κ3) is 7.07. The van der Waals surface area contributed by atoms with Gasteiger partial charge in [0.15, 0.2) is 0 Å². The van der Waals surface area contributed by atoms with Crippen LogP contribution >= 0.6 is 15.9 Å². The Kier molecular flexibility index (Phi) is 8.82. The third-order valence-corrected chi connectivity index (χ3v) is 4.03. The molecule has 0 radical (unpaired) electrons. The zero-order valence-corrected chi connectivity index (χ0v) is 14.6. The maximum Gasteiger partial charge on any atom is 0.326 e. The van der Waals surface area contributed by atoms with Crippen LogP contribution in [0.3, 0.4) is 0 Å². The van der Waals surface area contributed by atoms with E-state index in [0.717, 1.165) is 23.7 Å². The molecular formula is C17H24BrNO3. The average molecular weight is 370 g/mol. The number of carboxylic acids is 1. The van der Waals surface area contributed by atoms with Crippen LogP contribution in [0, 0.1) is 0 Å². The molecule has 1 aromatic carbocycles. The number of nitrogens with one attached hydrogen (secondary N) is 1. The monoisotopic (exact) mass is 369 g/mol. The van der Waals surface area contributed by atoms with Gasteiger partial charge in [0.1, 0.15) is 6.04 Å². The molecule has 5 heteroatoms. The SMILES string of the molecule is CCCCCCCC[C@H](NC(=O)c1cccc(Br)c1)C(=O)O. The summed E-state index contributed by atoms with van der Waals surface area (Å²) in [6.07, 6.45) is 7.04. The number of unbranched alkanes of at least 4 members (excludes halogenated alkanes) is 5. The largest absolute Gasteiger partial charge is 0.480 e. The molecule has 0 saturated heterocycles. The number of carboxylic acid groups (broad SMARTS) is 1. The fourth-order valence-corrected chi connectivity index (χ4v) is 2.66. The lowest BCUT2D eigenvalue weighted by molar-refractivity contribution is -0.139. The molecule has 22 heavy (non-hydrogen) atoms. The van der Waals surface area contributed by atoms with Crippen molar-refractivity contribution in [2.45, 2.75) is 57.9 Å². The first-order valence-electron chi connectivity index (χ1n) is 7.83. The zero-order chi connectivity index (χ0) is 16.4. The second-order valence-electron chi connectivity index (χ2n) is 5.43. The van der Waals surface area contributed by atoms with Gasteiger partial charge < -0.3 is 10.4 Å². The van der Waals surface area contributed by atoms with Crippen molar-refractivity contribution in [1.29, 1.82) is 0 Å². The van der Waals surface area contributed by atoms with Crippen molar-refractivity contribution in [3.8, 4) is 0 Å². The molecule has 0 fully saturated rings. The molecule has 122 valence electrons. The van der Waals surface area contributed by atoms with Gasteiger partial charge in [-0.1, -0.05) is 67.4 Å². The molecule has 1 aromatic rings. The minimum Gasteiger partial charge on any atom is -0.480 e. The maximum atomic E-state index is 12.1. The highest BCUT2D eigenvalue weighted by Crippen LogP contribution is 2.13. The molecular weight excluding hydrogens is 346 g/mol. The lowest BCUT2D eigenvalue weighted by Gasteiger charge is -2.14. The number of carbonyl (C=O) groups excluding carboxylic acids is 1. The Morgan fingerprint density at radius 3 is 2.50 bits per heavy atom. The minimum absolute atomic E-state index is 0.348. The number of hydrogen-bond acceptors (Lipinski definition) is 2. The number of hydrogen-bond donors (Lipinski definition) is 2. The van der Waals surface area contributed by atoms with Crippen LogP contribution in [-0.4, -0.2) is 23.0 Å². The highest BCUT2D eigenvalue weighted by Gasteiger charge is 2.20. The van der Waals surface area contributed by atoms with Crippen molar-refractivity contribution < 1.29 is 14.7 Å². The molecule has 0 unspecified atom stereocenters. The van der Waals surface area contributed by atoms with Crippen LogP contribution in [0.4, 0.5) is 0 Å². The Bertz CT molecular complexity index is 491. The molecule has 2 N–H and O–H groups in total. The summed E-state index contributed by atoms with van der Waals surface area (Å²) in [5.74, 6) is -1.32. The Balaban J connectivity index is 2.43. The normalized spacial score (nSPS) is 11.9. The topological polar surface area (TPSA) is 66.4 Å². The molecule has 0 saturated carbocycles. The van der Waals surface area contributed by atoms with Crippen LogP contribution < -0.4 is 5.32 Å². The van der Waals surface area contributed by atoms with Gasteiger partial charge in [-0.15, -0.1) is 0 Å². The van der Waals surface area contributed by atoms with Crippen LogP contribution in [0.25, 0.3) is 0 Å². The molecule has 0 aliphatic rings. The van der Waals surface area contributed by atoms with Gasteiger partial charge in [-0.25, -0.2) is 4.79 Å². The number of benzene rings is 1. The molecule has 0 spiro atoms. The second-order valence-corrected chi connectivity index (χ2v) is 6.35. The van der Waals surface area contributed by atoms with E-state index in [-0.39, 0.29) is 5.91 Å². The Morgan fingerprint density at radius 1 is 1.18 bits per heavy atom. The average Bonchev–Trinajstić information content (AvgIpc) is 2.49. The van der Waals surface area contributed by atoms with Gasteiger partial charge in [0.2, 0.25) is 0 Å². The summed E-state index contributed by atoms with van der Waals surface area (Å²) in [5.41, 5.74) is 0.462. The van der Waals surface area contributed by atoms with Gasteiger partial charge in [0, 0.05) is 10.0 Å². The van der Waals surface area contributed by atoms with Crippen LogP contribution in [0.1, 0.15) is 62.2 Å². The summed E-state index contributed by atoms with van der Waals surface area (Å²) in [5, 5.41) is 11.8. The number of halogens is 1. The van der Waals surface area contributed by atoms with Crippen LogP contribution in [0.5, 0.6) is 0 Å². The lowest BCUT2D eigenvalue weighted by Crippen LogP contribution is -2.40. The van der Waals surface area contributed by atoms with Gasteiger partial charge in [-0.05, 0) is 24.6 Å². The van der Waals surface area contributed by atoms with E-state index in [9.17, 15) is 14.7 Å². The Labute approximate surface area is 140 Å². The van der Waals surface area contributed by atoms with E-state index in [0.29, 0.717) is 12.0 Å². The van der Waals surface area contributed by atoms with Crippen LogP contribution in [0.15, 0.2) is 28.7 Å². The van der Waals surface area contributed by atoms with Crippen molar-refractivity contribution in [3.63, 3.8) is 0 Å². The molecule has 1 atom stereocenters. The summed E-state index contributed by atoms with van der Waals surface area (Å²) in [4.78, 5) is 23.4. The van der Waals surface area contributed by atoms with Crippen molar-refractivity contribution in [3.05, 3.63) is 34.3 Å². The lowest BCUT2D eigenvalue weighted by atomic mass is 10.1. The number of amides is 1. The summed E-state index contributed by atoms with van der Waals surface area (Å²) >= 11 is 3.30. The van der Waals surface area contributed by atoms with E-state index in [1.165, 1.54) is 19.3 Å². The molecule has 0 aliphatic carbocycles. The number of carbonyl (C=O) groups is 2. The molecule has 0 bridgehead atoms. The summed E-state index contributed by atoms with van der Waals surface area (Å²) in [6, 6.07) is 6.10.